The van der Waals surface area contributed by atoms with Crippen LogP contribution in [0.5, 0.6) is 0 Å². The molecule has 0 radical (unpaired) electrons. The van der Waals surface area contributed by atoms with E-state index in [1.807, 2.05) is 28.8 Å². The van der Waals surface area contributed by atoms with Crippen molar-refractivity contribution in [3.63, 3.8) is 0 Å². The number of imidazole rings is 1. The summed E-state index contributed by atoms with van der Waals surface area (Å²) in [6.07, 6.45) is 0. The summed E-state index contributed by atoms with van der Waals surface area (Å²) in [5, 5.41) is 0. The largest absolute Gasteiger partial charge is 0.322 e. The fourth-order valence-electron chi connectivity index (χ4n) is 2.25. The molecule has 0 aliphatic rings. The zero-order valence-corrected chi connectivity index (χ0v) is 12.8. The van der Waals surface area contributed by atoms with Crippen LogP contribution in [-0.4, -0.2) is 9.55 Å². The molecule has 20 heavy (non-hydrogen) atoms. The normalized spacial score (nSPS) is 11.2. The molecule has 0 aliphatic carbocycles. The van der Waals surface area contributed by atoms with Gasteiger partial charge in [-0.05, 0) is 35.9 Å². The molecule has 2 aromatic carbocycles. The van der Waals surface area contributed by atoms with Gasteiger partial charge in [-0.25, -0.2) is 9.37 Å². The van der Waals surface area contributed by atoms with E-state index in [9.17, 15) is 4.39 Å². The summed E-state index contributed by atoms with van der Waals surface area (Å²) >= 11 is 9.40. The number of benzene rings is 2. The Bertz CT molecular complexity index is 770. The van der Waals surface area contributed by atoms with Crippen LogP contribution in [0.3, 0.4) is 0 Å². The van der Waals surface area contributed by atoms with Gasteiger partial charge in [-0.2, -0.15) is 0 Å². The Labute approximate surface area is 129 Å². The van der Waals surface area contributed by atoms with Gasteiger partial charge in [-0.15, -0.1) is 11.6 Å². The molecule has 0 atom stereocenters. The number of halogens is 3. The maximum atomic E-state index is 13.3. The van der Waals surface area contributed by atoms with Crippen LogP contribution >= 0.6 is 27.5 Å². The van der Waals surface area contributed by atoms with Crippen molar-refractivity contribution in [2.45, 2.75) is 12.4 Å². The number of hydrogen-bond acceptors (Lipinski definition) is 1. The van der Waals surface area contributed by atoms with Gasteiger partial charge in [0, 0.05) is 11.0 Å². The first-order valence-electron chi connectivity index (χ1n) is 6.12. The zero-order valence-electron chi connectivity index (χ0n) is 10.5. The average molecular weight is 354 g/mol. The number of aromatic nitrogens is 2. The lowest BCUT2D eigenvalue weighted by Gasteiger charge is -2.08. The molecule has 3 rings (SSSR count). The van der Waals surface area contributed by atoms with Crippen LogP contribution < -0.4 is 0 Å². The van der Waals surface area contributed by atoms with Crippen molar-refractivity contribution in [1.82, 2.24) is 9.55 Å². The van der Waals surface area contributed by atoms with Crippen molar-refractivity contribution in [1.29, 1.82) is 0 Å². The Balaban J connectivity index is 2.10. The lowest BCUT2D eigenvalue weighted by atomic mass is 10.2. The smallest absolute Gasteiger partial charge is 0.125 e. The first-order valence-corrected chi connectivity index (χ1v) is 7.45. The molecule has 0 aliphatic heterocycles. The van der Waals surface area contributed by atoms with E-state index < -0.39 is 0 Å². The number of nitrogens with zero attached hydrogens (tertiary/aromatic N) is 2. The van der Waals surface area contributed by atoms with E-state index in [1.54, 1.807) is 6.07 Å². The van der Waals surface area contributed by atoms with Crippen LogP contribution in [-0.2, 0) is 12.4 Å². The highest BCUT2D eigenvalue weighted by Crippen LogP contribution is 2.23. The molecule has 102 valence electrons. The van der Waals surface area contributed by atoms with Gasteiger partial charge >= 0.3 is 0 Å². The minimum atomic E-state index is -0.234. The Morgan fingerprint density at radius 3 is 2.80 bits per heavy atom. The predicted octanol–water partition coefficient (Wildman–Crippen LogP) is 4.73. The van der Waals surface area contributed by atoms with E-state index in [0.29, 0.717) is 12.4 Å². The number of rotatable bonds is 3. The van der Waals surface area contributed by atoms with Crippen molar-refractivity contribution in [2.75, 3.05) is 0 Å². The Morgan fingerprint density at radius 2 is 2.05 bits per heavy atom. The van der Waals surface area contributed by atoms with Crippen molar-refractivity contribution in [2.24, 2.45) is 0 Å². The second-order valence-corrected chi connectivity index (χ2v) is 5.69. The Morgan fingerprint density at radius 1 is 1.20 bits per heavy atom. The summed E-state index contributed by atoms with van der Waals surface area (Å²) in [7, 11) is 0. The molecule has 0 saturated heterocycles. The molecule has 0 bridgehead atoms. The summed E-state index contributed by atoms with van der Waals surface area (Å²) in [5.74, 6) is 0.868. The third-order valence-electron chi connectivity index (χ3n) is 3.14. The zero-order chi connectivity index (χ0) is 14.1. The van der Waals surface area contributed by atoms with Gasteiger partial charge in [0.05, 0.1) is 16.9 Å². The van der Waals surface area contributed by atoms with Crippen molar-refractivity contribution < 1.29 is 4.39 Å². The molecule has 0 unspecified atom stereocenters. The molecule has 0 amide bonds. The molecule has 5 heteroatoms. The molecule has 0 fully saturated rings. The molecule has 0 spiro atoms. The minimum absolute atomic E-state index is 0.234. The molecule has 3 aromatic rings. The van der Waals surface area contributed by atoms with E-state index in [4.69, 9.17) is 11.6 Å². The lowest BCUT2D eigenvalue weighted by molar-refractivity contribution is 0.623. The van der Waals surface area contributed by atoms with E-state index >= 15 is 0 Å². The standard InChI is InChI=1S/C15H11BrClFN2/c16-11-4-5-14-13(7-11)19-15(8-17)20(14)9-10-2-1-3-12(18)6-10/h1-7H,8-9H2. The van der Waals surface area contributed by atoms with Gasteiger partial charge in [-0.1, -0.05) is 28.1 Å². The Hall–Kier alpha value is -1.39. The van der Waals surface area contributed by atoms with E-state index in [1.165, 1.54) is 12.1 Å². The van der Waals surface area contributed by atoms with Gasteiger partial charge in [0.15, 0.2) is 0 Å². The number of hydrogen-bond donors (Lipinski definition) is 0. The van der Waals surface area contributed by atoms with E-state index in [-0.39, 0.29) is 5.82 Å². The van der Waals surface area contributed by atoms with Crippen LogP contribution in [0.4, 0.5) is 4.39 Å². The summed E-state index contributed by atoms with van der Waals surface area (Å²) in [5.41, 5.74) is 2.76. The summed E-state index contributed by atoms with van der Waals surface area (Å²) in [6.45, 7) is 0.554. The fourth-order valence-corrected chi connectivity index (χ4v) is 2.80. The fraction of sp³-hybridized carbons (Fsp3) is 0.133. The summed E-state index contributed by atoms with van der Waals surface area (Å²) in [6, 6.07) is 12.5. The summed E-state index contributed by atoms with van der Waals surface area (Å²) in [4.78, 5) is 4.52. The SMILES string of the molecule is Fc1cccc(Cn2c(CCl)nc3cc(Br)ccc32)c1. The maximum absolute atomic E-state index is 13.3. The van der Waals surface area contributed by atoms with Crippen molar-refractivity contribution in [3.05, 3.63) is 64.1 Å². The summed E-state index contributed by atoms with van der Waals surface area (Å²) < 4.78 is 16.3. The van der Waals surface area contributed by atoms with Gasteiger partial charge < -0.3 is 4.57 Å². The molecule has 1 heterocycles. The monoisotopic (exact) mass is 352 g/mol. The highest BCUT2D eigenvalue weighted by atomic mass is 79.9. The molecule has 1 aromatic heterocycles. The van der Waals surface area contributed by atoms with Crippen LogP contribution in [0.15, 0.2) is 46.9 Å². The second-order valence-electron chi connectivity index (χ2n) is 4.51. The average Bonchev–Trinajstić information content (AvgIpc) is 2.76. The highest BCUT2D eigenvalue weighted by Gasteiger charge is 2.11. The number of fused-ring (bicyclic) bond motifs is 1. The minimum Gasteiger partial charge on any atom is -0.322 e. The third-order valence-corrected chi connectivity index (χ3v) is 3.87. The van der Waals surface area contributed by atoms with Crippen LogP contribution in [0.25, 0.3) is 11.0 Å². The van der Waals surface area contributed by atoms with Gasteiger partial charge in [0.2, 0.25) is 0 Å². The van der Waals surface area contributed by atoms with Crippen molar-refractivity contribution in [3.8, 4) is 0 Å². The van der Waals surface area contributed by atoms with Crippen LogP contribution in [0.2, 0.25) is 0 Å². The van der Waals surface area contributed by atoms with Crippen molar-refractivity contribution >= 4 is 38.6 Å². The maximum Gasteiger partial charge on any atom is 0.125 e. The first-order chi connectivity index (χ1) is 9.67. The van der Waals surface area contributed by atoms with E-state index in [0.717, 1.165) is 26.9 Å². The van der Waals surface area contributed by atoms with Crippen LogP contribution in [0, 0.1) is 5.82 Å². The quantitative estimate of drug-likeness (QED) is 0.623. The van der Waals surface area contributed by atoms with Crippen LogP contribution in [0.1, 0.15) is 11.4 Å². The molecule has 0 saturated carbocycles. The highest BCUT2D eigenvalue weighted by molar-refractivity contribution is 9.10. The van der Waals surface area contributed by atoms with Gasteiger partial charge in [-0.3, -0.25) is 0 Å². The van der Waals surface area contributed by atoms with E-state index in [2.05, 4.69) is 20.9 Å². The van der Waals surface area contributed by atoms with Gasteiger partial charge in [0.1, 0.15) is 11.6 Å². The van der Waals surface area contributed by atoms with Gasteiger partial charge in [0.25, 0.3) is 0 Å². The third kappa shape index (κ3) is 2.58. The predicted molar refractivity (Wildman–Crippen MR) is 82.5 cm³/mol. The number of alkyl halides is 1. The molecule has 2 nitrogen and oxygen atoms in total. The topological polar surface area (TPSA) is 17.8 Å². The molecule has 0 N–H and O–H groups in total. The lowest BCUT2D eigenvalue weighted by Crippen LogP contribution is -2.04. The second kappa shape index (κ2) is 5.54. The first kappa shape index (κ1) is 13.6. The Kier molecular flexibility index (Phi) is 3.76. The molecular formula is C15H11BrClFN2. The molecular weight excluding hydrogens is 343 g/mol.